The molecule has 1 N–H and O–H groups in total. The monoisotopic (exact) mass is 304 g/mol. The van der Waals surface area contributed by atoms with Crippen molar-refractivity contribution in [3.63, 3.8) is 0 Å². The minimum atomic E-state index is -0.157. The average molecular weight is 305 g/mol. The summed E-state index contributed by atoms with van der Waals surface area (Å²) in [6, 6.07) is 7.53. The van der Waals surface area contributed by atoms with Crippen LogP contribution in [0.25, 0.3) is 5.69 Å². The summed E-state index contributed by atoms with van der Waals surface area (Å²) in [5, 5.41) is 11.6. The van der Waals surface area contributed by atoms with Crippen LogP contribution in [0.15, 0.2) is 30.5 Å². The molecular weight excluding hydrogens is 288 g/mol. The van der Waals surface area contributed by atoms with Crippen LogP contribution in [0.5, 0.6) is 0 Å². The normalized spacial score (nSPS) is 15.9. The van der Waals surface area contributed by atoms with Crippen LogP contribution >= 0.6 is 11.6 Å². The summed E-state index contributed by atoms with van der Waals surface area (Å²) in [4.78, 5) is 12.2. The van der Waals surface area contributed by atoms with Gasteiger partial charge in [-0.2, -0.15) is 0 Å². The van der Waals surface area contributed by atoms with E-state index in [-0.39, 0.29) is 11.9 Å². The minimum absolute atomic E-state index is 0.157. The number of nitrogens with one attached hydrogen (secondary N) is 1. The van der Waals surface area contributed by atoms with E-state index in [4.69, 9.17) is 11.6 Å². The number of nitrogens with zero attached hydrogens (tertiary/aromatic N) is 3. The fourth-order valence-corrected chi connectivity index (χ4v) is 2.80. The maximum Gasteiger partial charge on any atom is 0.273 e. The standard InChI is InChI=1S/C15H17ClN4O/c16-11-5-4-8-13(9-11)20-10-14(18-19-20)15(21)17-12-6-2-1-3-7-12/h4-5,8-10,12H,1-3,6-7H2,(H,17,21). The first-order valence-corrected chi connectivity index (χ1v) is 7.59. The molecule has 0 aliphatic heterocycles. The third kappa shape index (κ3) is 3.42. The van der Waals surface area contributed by atoms with E-state index >= 15 is 0 Å². The zero-order valence-corrected chi connectivity index (χ0v) is 12.4. The van der Waals surface area contributed by atoms with Crippen molar-refractivity contribution in [2.24, 2.45) is 0 Å². The molecule has 5 nitrogen and oxygen atoms in total. The van der Waals surface area contributed by atoms with Crippen LogP contribution in [0.4, 0.5) is 0 Å². The second kappa shape index (κ2) is 6.26. The van der Waals surface area contributed by atoms with E-state index in [2.05, 4.69) is 15.6 Å². The molecule has 1 heterocycles. The van der Waals surface area contributed by atoms with Crippen molar-refractivity contribution in [3.8, 4) is 5.69 Å². The fraction of sp³-hybridized carbons (Fsp3) is 0.400. The number of aromatic nitrogens is 3. The van der Waals surface area contributed by atoms with E-state index in [9.17, 15) is 4.79 Å². The third-order valence-electron chi connectivity index (χ3n) is 3.74. The van der Waals surface area contributed by atoms with Gasteiger partial charge in [0.1, 0.15) is 0 Å². The van der Waals surface area contributed by atoms with Gasteiger partial charge < -0.3 is 5.32 Å². The highest BCUT2D eigenvalue weighted by Crippen LogP contribution is 2.18. The number of amides is 1. The highest BCUT2D eigenvalue weighted by atomic mass is 35.5. The van der Waals surface area contributed by atoms with Gasteiger partial charge in [-0.3, -0.25) is 4.79 Å². The number of hydrogen-bond acceptors (Lipinski definition) is 3. The molecule has 0 saturated heterocycles. The van der Waals surface area contributed by atoms with E-state index in [0.29, 0.717) is 10.7 Å². The topological polar surface area (TPSA) is 59.8 Å². The molecule has 2 aromatic rings. The smallest absolute Gasteiger partial charge is 0.273 e. The zero-order valence-electron chi connectivity index (χ0n) is 11.6. The van der Waals surface area contributed by atoms with Crippen molar-refractivity contribution in [1.29, 1.82) is 0 Å². The molecule has 21 heavy (non-hydrogen) atoms. The first kappa shape index (κ1) is 14.1. The Bertz CT molecular complexity index is 634. The van der Waals surface area contributed by atoms with Crippen LogP contribution in [-0.4, -0.2) is 26.9 Å². The molecule has 0 spiro atoms. The van der Waals surface area contributed by atoms with Crippen LogP contribution in [-0.2, 0) is 0 Å². The second-order valence-corrected chi connectivity index (χ2v) is 5.77. The average Bonchev–Trinajstić information content (AvgIpc) is 2.98. The summed E-state index contributed by atoms with van der Waals surface area (Å²) in [6.07, 6.45) is 7.35. The Balaban J connectivity index is 1.70. The highest BCUT2D eigenvalue weighted by molar-refractivity contribution is 6.30. The van der Waals surface area contributed by atoms with Gasteiger partial charge in [0, 0.05) is 11.1 Å². The van der Waals surface area contributed by atoms with E-state index in [1.807, 2.05) is 12.1 Å². The SMILES string of the molecule is O=C(NC1CCCCC1)c1cn(-c2cccc(Cl)c2)nn1. The summed E-state index contributed by atoms with van der Waals surface area (Å²) in [5.41, 5.74) is 1.12. The lowest BCUT2D eigenvalue weighted by atomic mass is 9.95. The van der Waals surface area contributed by atoms with Crippen LogP contribution in [0, 0.1) is 0 Å². The van der Waals surface area contributed by atoms with Crippen LogP contribution < -0.4 is 5.32 Å². The third-order valence-corrected chi connectivity index (χ3v) is 3.97. The fourth-order valence-electron chi connectivity index (χ4n) is 2.62. The van der Waals surface area contributed by atoms with Crippen LogP contribution in [0.2, 0.25) is 5.02 Å². The van der Waals surface area contributed by atoms with Gasteiger partial charge in [0.15, 0.2) is 5.69 Å². The predicted octanol–water partition coefficient (Wildman–Crippen LogP) is 2.98. The Morgan fingerprint density at radius 1 is 1.29 bits per heavy atom. The molecule has 1 aromatic carbocycles. The number of carbonyl (C=O) groups excluding carboxylic acids is 1. The number of carbonyl (C=O) groups is 1. The Hall–Kier alpha value is -1.88. The quantitative estimate of drug-likeness (QED) is 0.948. The molecule has 110 valence electrons. The van der Waals surface area contributed by atoms with Crippen LogP contribution in [0.3, 0.4) is 0 Å². The van der Waals surface area contributed by atoms with Gasteiger partial charge in [0.05, 0.1) is 11.9 Å². The molecule has 1 saturated carbocycles. The molecule has 0 bridgehead atoms. The van der Waals surface area contributed by atoms with Gasteiger partial charge in [0.2, 0.25) is 0 Å². The van der Waals surface area contributed by atoms with E-state index < -0.39 is 0 Å². The summed E-state index contributed by atoms with van der Waals surface area (Å²) in [6.45, 7) is 0. The van der Waals surface area contributed by atoms with Gasteiger partial charge >= 0.3 is 0 Å². The molecular formula is C15H17ClN4O. The molecule has 1 aromatic heterocycles. The molecule has 0 unspecified atom stereocenters. The lowest BCUT2D eigenvalue weighted by Gasteiger charge is -2.22. The van der Waals surface area contributed by atoms with Crippen molar-refractivity contribution in [2.45, 2.75) is 38.1 Å². The lowest BCUT2D eigenvalue weighted by molar-refractivity contribution is 0.0922. The molecule has 1 aliphatic rings. The number of hydrogen-bond donors (Lipinski definition) is 1. The number of benzene rings is 1. The van der Waals surface area contributed by atoms with Crippen molar-refractivity contribution in [3.05, 3.63) is 41.2 Å². The van der Waals surface area contributed by atoms with Gasteiger partial charge in [0.25, 0.3) is 5.91 Å². The summed E-state index contributed by atoms with van der Waals surface area (Å²) in [5.74, 6) is -0.157. The maximum absolute atomic E-state index is 12.2. The predicted molar refractivity (Wildman–Crippen MR) is 80.7 cm³/mol. The van der Waals surface area contributed by atoms with Crippen LogP contribution in [0.1, 0.15) is 42.6 Å². The molecule has 1 fully saturated rings. The summed E-state index contributed by atoms with van der Waals surface area (Å²) >= 11 is 5.95. The number of halogens is 1. The Kier molecular flexibility index (Phi) is 4.20. The maximum atomic E-state index is 12.2. The van der Waals surface area contributed by atoms with E-state index in [1.165, 1.54) is 19.3 Å². The minimum Gasteiger partial charge on any atom is -0.348 e. The largest absolute Gasteiger partial charge is 0.348 e. The van der Waals surface area contributed by atoms with Crippen molar-refractivity contribution >= 4 is 17.5 Å². The molecule has 1 amide bonds. The molecule has 6 heteroatoms. The second-order valence-electron chi connectivity index (χ2n) is 5.34. The van der Waals surface area contributed by atoms with Crippen molar-refractivity contribution in [2.75, 3.05) is 0 Å². The first-order chi connectivity index (χ1) is 10.2. The van der Waals surface area contributed by atoms with Gasteiger partial charge in [-0.15, -0.1) is 5.10 Å². The Morgan fingerprint density at radius 3 is 2.86 bits per heavy atom. The Morgan fingerprint density at radius 2 is 2.10 bits per heavy atom. The number of rotatable bonds is 3. The Labute approximate surface area is 128 Å². The van der Waals surface area contributed by atoms with E-state index in [1.54, 1.807) is 23.0 Å². The first-order valence-electron chi connectivity index (χ1n) is 7.21. The van der Waals surface area contributed by atoms with Crippen molar-refractivity contribution in [1.82, 2.24) is 20.3 Å². The molecule has 0 atom stereocenters. The molecule has 0 radical (unpaired) electrons. The van der Waals surface area contributed by atoms with Gasteiger partial charge in [-0.1, -0.05) is 42.1 Å². The molecule has 1 aliphatic carbocycles. The highest BCUT2D eigenvalue weighted by Gasteiger charge is 2.18. The van der Waals surface area contributed by atoms with E-state index in [0.717, 1.165) is 18.5 Å². The van der Waals surface area contributed by atoms with Gasteiger partial charge in [-0.05, 0) is 31.0 Å². The zero-order chi connectivity index (χ0) is 14.7. The lowest BCUT2D eigenvalue weighted by Crippen LogP contribution is -2.36. The van der Waals surface area contributed by atoms with Crippen molar-refractivity contribution < 1.29 is 4.79 Å². The molecule has 3 rings (SSSR count). The van der Waals surface area contributed by atoms with Gasteiger partial charge in [-0.25, -0.2) is 4.68 Å². The summed E-state index contributed by atoms with van der Waals surface area (Å²) < 4.78 is 1.56. The summed E-state index contributed by atoms with van der Waals surface area (Å²) in [7, 11) is 0.